The van der Waals surface area contributed by atoms with E-state index in [9.17, 15) is 9.59 Å². The smallest absolute Gasteiger partial charge is 0.242 e. The first-order valence-corrected chi connectivity index (χ1v) is 7.86. The number of aryl methyl sites for hydroxylation is 2. The topological polar surface area (TPSA) is 67.4 Å². The Labute approximate surface area is 142 Å². The second-order valence-electron chi connectivity index (χ2n) is 5.63. The number of hydrogen-bond acceptors (Lipinski definition) is 3. The lowest BCUT2D eigenvalue weighted by Gasteiger charge is -2.10. The van der Waals surface area contributed by atoms with Gasteiger partial charge in [-0.1, -0.05) is 42.5 Å². The predicted molar refractivity (Wildman–Crippen MR) is 92.5 cm³/mol. The van der Waals surface area contributed by atoms with Crippen molar-refractivity contribution in [1.29, 1.82) is 0 Å². The Morgan fingerprint density at radius 3 is 2.42 bits per heavy atom. The number of benzene rings is 2. The summed E-state index contributed by atoms with van der Waals surface area (Å²) in [4.78, 5) is 23.5. The molecule has 0 saturated heterocycles. The molecule has 2 rings (SSSR count). The molecule has 0 radical (unpaired) electrons. The predicted octanol–water partition coefficient (Wildman–Crippen LogP) is 2.46. The monoisotopic (exact) mass is 326 g/mol. The zero-order valence-electron chi connectivity index (χ0n) is 14.0. The van der Waals surface area contributed by atoms with Gasteiger partial charge in [-0.3, -0.25) is 20.4 Å². The molecule has 0 saturated carbocycles. The number of hydrogen-bond donors (Lipinski definition) is 2. The van der Waals surface area contributed by atoms with Gasteiger partial charge < -0.3 is 4.74 Å². The maximum atomic E-state index is 11.7. The van der Waals surface area contributed by atoms with Gasteiger partial charge in [-0.05, 0) is 36.6 Å². The van der Waals surface area contributed by atoms with E-state index in [0.717, 1.165) is 22.4 Å². The third-order valence-electron chi connectivity index (χ3n) is 3.48. The molecule has 126 valence electrons. The lowest BCUT2D eigenvalue weighted by atomic mass is 10.1. The number of amides is 2. The maximum absolute atomic E-state index is 11.7. The Hall–Kier alpha value is -2.82. The van der Waals surface area contributed by atoms with Crippen molar-refractivity contribution in [2.45, 2.75) is 26.7 Å². The quantitative estimate of drug-likeness (QED) is 0.801. The first-order chi connectivity index (χ1) is 11.5. The zero-order valence-corrected chi connectivity index (χ0v) is 14.0. The molecule has 0 aliphatic heterocycles. The van der Waals surface area contributed by atoms with E-state index in [-0.39, 0.29) is 31.3 Å². The summed E-state index contributed by atoms with van der Waals surface area (Å²) in [7, 11) is 0. The summed E-state index contributed by atoms with van der Waals surface area (Å²) in [6, 6.07) is 15.3. The van der Waals surface area contributed by atoms with Crippen LogP contribution in [0.2, 0.25) is 0 Å². The fraction of sp³-hybridized carbons (Fsp3) is 0.263. The molecule has 0 fully saturated rings. The molecule has 0 aromatic heterocycles. The van der Waals surface area contributed by atoms with Crippen LogP contribution in [0.5, 0.6) is 5.75 Å². The van der Waals surface area contributed by atoms with Crippen LogP contribution in [0.15, 0.2) is 48.5 Å². The first-order valence-electron chi connectivity index (χ1n) is 7.86. The molecule has 0 atom stereocenters. The summed E-state index contributed by atoms with van der Waals surface area (Å²) in [6.07, 6.45) is 0.388. The van der Waals surface area contributed by atoms with Crippen molar-refractivity contribution in [3.63, 3.8) is 0 Å². The highest BCUT2D eigenvalue weighted by Crippen LogP contribution is 2.19. The molecule has 0 aliphatic carbocycles. The lowest BCUT2D eigenvalue weighted by molar-refractivity contribution is -0.128. The summed E-state index contributed by atoms with van der Waals surface area (Å²) in [5.74, 6) is 0.225. The van der Waals surface area contributed by atoms with Crippen molar-refractivity contribution in [3.05, 3.63) is 65.2 Å². The number of hydrazine groups is 1. The van der Waals surface area contributed by atoms with E-state index in [1.165, 1.54) is 0 Å². The van der Waals surface area contributed by atoms with Crippen molar-refractivity contribution < 1.29 is 14.3 Å². The van der Waals surface area contributed by atoms with Crippen LogP contribution in [0, 0.1) is 13.8 Å². The first kappa shape index (κ1) is 17.5. The number of carbonyl (C=O) groups excluding carboxylic acids is 2. The Bertz CT molecular complexity index is 699. The standard InChI is InChI=1S/C19H22N2O3/c1-14-8-9-15(2)17(12-14)24-11-10-18(22)20-21-19(23)13-16-6-4-3-5-7-16/h3-9,12H,10-11,13H2,1-2H3,(H,20,22)(H,21,23). The minimum atomic E-state index is -0.290. The SMILES string of the molecule is Cc1ccc(C)c(OCCC(=O)NNC(=O)Cc2ccccc2)c1. The molecule has 2 aromatic rings. The van der Waals surface area contributed by atoms with Gasteiger partial charge in [-0.15, -0.1) is 0 Å². The molecular formula is C19H22N2O3. The van der Waals surface area contributed by atoms with E-state index in [1.54, 1.807) is 0 Å². The second kappa shape index (κ2) is 8.72. The third kappa shape index (κ3) is 5.76. The fourth-order valence-corrected chi connectivity index (χ4v) is 2.14. The van der Waals surface area contributed by atoms with E-state index >= 15 is 0 Å². The minimum Gasteiger partial charge on any atom is -0.493 e. The van der Waals surface area contributed by atoms with E-state index in [4.69, 9.17) is 4.74 Å². The Morgan fingerprint density at radius 1 is 0.958 bits per heavy atom. The normalized spacial score (nSPS) is 10.1. The van der Waals surface area contributed by atoms with Gasteiger partial charge in [0.1, 0.15) is 5.75 Å². The van der Waals surface area contributed by atoms with E-state index in [2.05, 4.69) is 10.9 Å². The molecule has 2 amide bonds. The number of nitrogens with one attached hydrogen (secondary N) is 2. The zero-order chi connectivity index (χ0) is 17.4. The Morgan fingerprint density at radius 2 is 1.67 bits per heavy atom. The summed E-state index contributed by atoms with van der Waals surface area (Å²) in [6.45, 7) is 4.20. The van der Waals surface area contributed by atoms with Gasteiger partial charge in [-0.2, -0.15) is 0 Å². The van der Waals surface area contributed by atoms with Crippen LogP contribution in [0.1, 0.15) is 23.1 Å². The van der Waals surface area contributed by atoms with Gasteiger partial charge in [0.2, 0.25) is 11.8 Å². The minimum absolute atomic E-state index is 0.166. The summed E-state index contributed by atoms with van der Waals surface area (Å²) in [5.41, 5.74) is 7.82. The van der Waals surface area contributed by atoms with E-state index in [1.807, 2.05) is 62.4 Å². The molecular weight excluding hydrogens is 304 g/mol. The van der Waals surface area contributed by atoms with Crippen LogP contribution in [-0.2, 0) is 16.0 Å². The molecule has 2 aromatic carbocycles. The van der Waals surface area contributed by atoms with Crippen molar-refractivity contribution >= 4 is 11.8 Å². The van der Waals surface area contributed by atoms with Gasteiger partial charge in [0.15, 0.2) is 0 Å². The Kier molecular flexibility index (Phi) is 6.37. The van der Waals surface area contributed by atoms with Crippen molar-refractivity contribution in [2.75, 3.05) is 6.61 Å². The molecule has 5 nitrogen and oxygen atoms in total. The van der Waals surface area contributed by atoms with E-state index in [0.29, 0.717) is 0 Å². The van der Waals surface area contributed by atoms with Crippen LogP contribution < -0.4 is 15.6 Å². The molecule has 2 N–H and O–H groups in total. The summed E-state index contributed by atoms with van der Waals surface area (Å²) < 4.78 is 5.62. The van der Waals surface area contributed by atoms with Crippen molar-refractivity contribution in [2.24, 2.45) is 0 Å². The molecule has 0 bridgehead atoms. The van der Waals surface area contributed by atoms with Crippen molar-refractivity contribution in [3.8, 4) is 5.75 Å². The van der Waals surface area contributed by atoms with Gasteiger partial charge in [0.25, 0.3) is 0 Å². The van der Waals surface area contributed by atoms with Gasteiger partial charge in [0.05, 0.1) is 19.4 Å². The van der Waals surface area contributed by atoms with Crippen LogP contribution in [0.25, 0.3) is 0 Å². The van der Waals surface area contributed by atoms with E-state index < -0.39 is 0 Å². The van der Waals surface area contributed by atoms with Gasteiger partial charge in [-0.25, -0.2) is 0 Å². The fourth-order valence-electron chi connectivity index (χ4n) is 2.14. The molecule has 5 heteroatoms. The lowest BCUT2D eigenvalue weighted by Crippen LogP contribution is -2.42. The maximum Gasteiger partial charge on any atom is 0.242 e. The largest absolute Gasteiger partial charge is 0.493 e. The average Bonchev–Trinajstić information content (AvgIpc) is 2.57. The van der Waals surface area contributed by atoms with Gasteiger partial charge >= 0.3 is 0 Å². The third-order valence-corrected chi connectivity index (χ3v) is 3.48. The Balaban J connectivity index is 1.68. The number of carbonyl (C=O) groups is 2. The molecule has 0 heterocycles. The summed E-state index contributed by atoms with van der Waals surface area (Å²) in [5, 5.41) is 0. The number of rotatable bonds is 6. The highest BCUT2D eigenvalue weighted by molar-refractivity contribution is 5.83. The van der Waals surface area contributed by atoms with Crippen LogP contribution in [0.3, 0.4) is 0 Å². The summed E-state index contributed by atoms with van der Waals surface area (Å²) >= 11 is 0. The van der Waals surface area contributed by atoms with Crippen LogP contribution in [-0.4, -0.2) is 18.4 Å². The molecule has 0 spiro atoms. The number of ether oxygens (including phenoxy) is 1. The molecule has 0 unspecified atom stereocenters. The van der Waals surface area contributed by atoms with Crippen LogP contribution in [0.4, 0.5) is 0 Å². The van der Waals surface area contributed by atoms with Gasteiger partial charge in [0, 0.05) is 0 Å². The second-order valence-corrected chi connectivity index (χ2v) is 5.63. The molecule has 0 aliphatic rings. The highest BCUT2D eigenvalue weighted by Gasteiger charge is 2.07. The van der Waals surface area contributed by atoms with Crippen molar-refractivity contribution in [1.82, 2.24) is 10.9 Å². The van der Waals surface area contributed by atoms with Crippen LogP contribution >= 0.6 is 0 Å². The molecule has 24 heavy (non-hydrogen) atoms. The highest BCUT2D eigenvalue weighted by atomic mass is 16.5. The average molecular weight is 326 g/mol.